The fraction of sp³-hybridized carbons (Fsp3) is 0.750. The fourth-order valence-corrected chi connectivity index (χ4v) is 0.672. The average Bonchev–Trinajstić information content (AvgIpc) is 1.98. The zero-order valence-electron chi connectivity index (χ0n) is 7.22. The van der Waals surface area contributed by atoms with E-state index in [0.717, 1.165) is 13.1 Å². The highest BCUT2D eigenvalue weighted by Crippen LogP contribution is 1.93. The van der Waals surface area contributed by atoms with Crippen molar-refractivity contribution in [2.75, 3.05) is 27.2 Å². The Hall–Kier alpha value is -0.340. The molecular formula is C8H18N2. The molecule has 1 atom stereocenters. The van der Waals surface area contributed by atoms with Crippen LogP contribution in [0, 0.1) is 0 Å². The van der Waals surface area contributed by atoms with Crippen molar-refractivity contribution in [3.8, 4) is 0 Å². The first kappa shape index (κ1) is 9.66. The molecule has 0 rings (SSSR count). The van der Waals surface area contributed by atoms with Crippen LogP contribution in [-0.4, -0.2) is 38.1 Å². The van der Waals surface area contributed by atoms with Gasteiger partial charge in [0.1, 0.15) is 0 Å². The Labute approximate surface area is 63.9 Å². The van der Waals surface area contributed by atoms with Gasteiger partial charge in [-0.1, -0.05) is 6.08 Å². The van der Waals surface area contributed by atoms with Gasteiger partial charge in [0.05, 0.1) is 0 Å². The lowest BCUT2D eigenvalue weighted by atomic mass is 10.3. The fourth-order valence-electron chi connectivity index (χ4n) is 0.672. The summed E-state index contributed by atoms with van der Waals surface area (Å²) < 4.78 is 0. The van der Waals surface area contributed by atoms with Gasteiger partial charge in [-0.2, -0.15) is 0 Å². The molecule has 1 N–H and O–H groups in total. The van der Waals surface area contributed by atoms with Crippen LogP contribution in [0.1, 0.15) is 6.92 Å². The summed E-state index contributed by atoms with van der Waals surface area (Å²) in [6.07, 6.45) is 1.95. The Morgan fingerprint density at radius 3 is 2.70 bits per heavy atom. The Kier molecular flexibility index (Phi) is 5.26. The highest BCUT2D eigenvalue weighted by Gasteiger charge is 2.01. The van der Waals surface area contributed by atoms with Crippen LogP contribution in [0.4, 0.5) is 0 Å². The zero-order chi connectivity index (χ0) is 7.98. The molecule has 10 heavy (non-hydrogen) atoms. The molecule has 0 aliphatic rings. The summed E-state index contributed by atoms with van der Waals surface area (Å²) in [5, 5.41) is 3.10. The zero-order valence-corrected chi connectivity index (χ0v) is 7.22. The maximum Gasteiger partial charge on any atom is 0.0244 e. The van der Waals surface area contributed by atoms with Crippen LogP contribution >= 0.6 is 0 Å². The Morgan fingerprint density at radius 2 is 2.30 bits per heavy atom. The van der Waals surface area contributed by atoms with Crippen molar-refractivity contribution in [3.63, 3.8) is 0 Å². The molecule has 0 aliphatic heterocycles. The lowest BCUT2D eigenvalue weighted by Gasteiger charge is -2.20. The first-order valence-electron chi connectivity index (χ1n) is 3.69. The molecule has 0 saturated heterocycles. The Balaban J connectivity index is 3.40. The molecule has 0 aromatic carbocycles. The first-order chi connectivity index (χ1) is 4.72. The second-order valence-corrected chi connectivity index (χ2v) is 2.56. The van der Waals surface area contributed by atoms with Crippen molar-refractivity contribution in [1.82, 2.24) is 10.2 Å². The van der Waals surface area contributed by atoms with E-state index < -0.39 is 0 Å². The van der Waals surface area contributed by atoms with Crippen LogP contribution in [0.3, 0.4) is 0 Å². The van der Waals surface area contributed by atoms with Gasteiger partial charge in [0.25, 0.3) is 0 Å². The monoisotopic (exact) mass is 142 g/mol. The van der Waals surface area contributed by atoms with Crippen LogP contribution in [0.15, 0.2) is 12.7 Å². The number of rotatable bonds is 5. The molecule has 1 unspecified atom stereocenters. The minimum atomic E-state index is 0.480. The van der Waals surface area contributed by atoms with Crippen LogP contribution in [0.25, 0.3) is 0 Å². The van der Waals surface area contributed by atoms with E-state index in [0.29, 0.717) is 6.04 Å². The maximum atomic E-state index is 3.73. The second-order valence-electron chi connectivity index (χ2n) is 2.56. The van der Waals surface area contributed by atoms with Gasteiger partial charge in [-0.05, 0) is 21.0 Å². The molecule has 60 valence electrons. The number of hydrogen-bond donors (Lipinski definition) is 1. The highest BCUT2D eigenvalue weighted by molar-refractivity contribution is 4.82. The van der Waals surface area contributed by atoms with Gasteiger partial charge in [-0.25, -0.2) is 0 Å². The van der Waals surface area contributed by atoms with E-state index in [4.69, 9.17) is 0 Å². The van der Waals surface area contributed by atoms with Gasteiger partial charge in [0.2, 0.25) is 0 Å². The summed E-state index contributed by atoms with van der Waals surface area (Å²) in [7, 11) is 4.07. The molecule has 0 aliphatic carbocycles. The number of nitrogens with one attached hydrogen (secondary N) is 1. The van der Waals surface area contributed by atoms with E-state index in [9.17, 15) is 0 Å². The molecule has 0 amide bonds. The molecule has 2 nitrogen and oxygen atoms in total. The van der Waals surface area contributed by atoms with Crippen LogP contribution in [0.2, 0.25) is 0 Å². The van der Waals surface area contributed by atoms with Crippen LogP contribution in [-0.2, 0) is 0 Å². The van der Waals surface area contributed by atoms with Crippen molar-refractivity contribution in [3.05, 3.63) is 12.7 Å². The van der Waals surface area contributed by atoms with Gasteiger partial charge in [0, 0.05) is 19.1 Å². The molecule has 0 spiro atoms. The van der Waals surface area contributed by atoms with Crippen molar-refractivity contribution < 1.29 is 0 Å². The smallest absolute Gasteiger partial charge is 0.0244 e. The summed E-state index contributed by atoms with van der Waals surface area (Å²) in [6, 6.07) is 0.480. The predicted molar refractivity (Wildman–Crippen MR) is 46.2 cm³/mol. The quantitative estimate of drug-likeness (QED) is 0.569. The van der Waals surface area contributed by atoms with E-state index in [1.54, 1.807) is 0 Å². The highest BCUT2D eigenvalue weighted by atomic mass is 15.1. The molecule has 0 fully saturated rings. The minimum Gasteiger partial charge on any atom is -0.318 e. The topological polar surface area (TPSA) is 15.3 Å². The van der Waals surface area contributed by atoms with Crippen LogP contribution < -0.4 is 5.32 Å². The van der Waals surface area contributed by atoms with E-state index in [-0.39, 0.29) is 0 Å². The Bertz CT molecular complexity index is 91.3. The molecule has 2 heteroatoms. The largest absolute Gasteiger partial charge is 0.318 e. The van der Waals surface area contributed by atoms with Crippen LogP contribution in [0.5, 0.6) is 0 Å². The molecule has 0 aromatic heterocycles. The maximum absolute atomic E-state index is 3.73. The van der Waals surface area contributed by atoms with Crippen molar-refractivity contribution >= 4 is 0 Å². The van der Waals surface area contributed by atoms with Crippen molar-refractivity contribution in [2.45, 2.75) is 13.0 Å². The van der Waals surface area contributed by atoms with Gasteiger partial charge < -0.3 is 5.32 Å². The second kappa shape index (κ2) is 5.45. The normalized spacial score (nSPS) is 13.6. The van der Waals surface area contributed by atoms with Crippen molar-refractivity contribution in [1.29, 1.82) is 0 Å². The third-order valence-electron chi connectivity index (χ3n) is 1.75. The summed E-state index contributed by atoms with van der Waals surface area (Å²) in [5.41, 5.74) is 0. The molecule has 0 heterocycles. The van der Waals surface area contributed by atoms with E-state index in [1.807, 2.05) is 13.1 Å². The average molecular weight is 142 g/mol. The summed E-state index contributed by atoms with van der Waals surface area (Å²) in [6.45, 7) is 7.98. The van der Waals surface area contributed by atoms with Gasteiger partial charge >= 0.3 is 0 Å². The lowest BCUT2D eigenvalue weighted by Crippen LogP contribution is -2.33. The third kappa shape index (κ3) is 3.64. The van der Waals surface area contributed by atoms with E-state index >= 15 is 0 Å². The molecule has 0 radical (unpaired) electrons. The Morgan fingerprint density at radius 1 is 1.70 bits per heavy atom. The molecule has 0 bridgehead atoms. The number of likely N-dealkylation sites (N-methyl/N-ethyl adjacent to an activating group) is 2. The van der Waals surface area contributed by atoms with Crippen molar-refractivity contribution in [2.24, 2.45) is 0 Å². The molecule has 0 aromatic rings. The number of hydrogen-bond acceptors (Lipinski definition) is 2. The standard InChI is InChI=1S/C8H18N2/c1-5-8(2)10(4)7-6-9-3/h5,8-9H,1,6-7H2,2-4H3. The van der Waals surface area contributed by atoms with Gasteiger partial charge in [0.15, 0.2) is 0 Å². The van der Waals surface area contributed by atoms with Gasteiger partial charge in [-0.15, -0.1) is 6.58 Å². The number of nitrogens with zero attached hydrogens (tertiary/aromatic N) is 1. The minimum absolute atomic E-state index is 0.480. The molecule has 0 saturated carbocycles. The summed E-state index contributed by atoms with van der Waals surface area (Å²) >= 11 is 0. The summed E-state index contributed by atoms with van der Waals surface area (Å²) in [5.74, 6) is 0. The lowest BCUT2D eigenvalue weighted by molar-refractivity contribution is 0.299. The predicted octanol–water partition coefficient (Wildman–Crippen LogP) is 0.712. The molecular weight excluding hydrogens is 124 g/mol. The third-order valence-corrected chi connectivity index (χ3v) is 1.75. The van der Waals surface area contributed by atoms with E-state index in [1.165, 1.54) is 0 Å². The summed E-state index contributed by atoms with van der Waals surface area (Å²) in [4.78, 5) is 2.25. The first-order valence-corrected chi connectivity index (χ1v) is 3.69. The van der Waals surface area contributed by atoms with E-state index in [2.05, 4.69) is 30.8 Å². The van der Waals surface area contributed by atoms with Gasteiger partial charge in [-0.3, -0.25) is 4.90 Å². The SMILES string of the molecule is C=CC(C)N(C)CCNC.